The van der Waals surface area contributed by atoms with Crippen LogP contribution in [0.4, 0.5) is 0 Å². The Morgan fingerprint density at radius 3 is 2.52 bits per heavy atom. The summed E-state index contributed by atoms with van der Waals surface area (Å²) in [6.07, 6.45) is 0. The zero-order valence-electron chi connectivity index (χ0n) is 15.0. The first-order valence-corrected chi connectivity index (χ1v) is 8.82. The van der Waals surface area contributed by atoms with Crippen molar-refractivity contribution in [2.75, 3.05) is 27.1 Å². The predicted octanol–water partition coefficient (Wildman–Crippen LogP) is 1.34. The first kappa shape index (κ1) is 20.3. The summed E-state index contributed by atoms with van der Waals surface area (Å²) >= 11 is 0.957. The fourth-order valence-corrected chi connectivity index (χ4v) is 3.65. The SMILES string of the molecule is COC(=O)CSC1=C(C#N)[C@H](c2ccccc2OC)[C@@H](C(=O)OC)C(=O)N1. The Hall–Kier alpha value is -2.99. The van der Waals surface area contributed by atoms with Gasteiger partial charge in [-0.05, 0) is 6.07 Å². The Kier molecular flexibility index (Phi) is 6.85. The quantitative estimate of drug-likeness (QED) is 0.572. The molecule has 1 heterocycles. The van der Waals surface area contributed by atoms with Crippen LogP contribution < -0.4 is 10.1 Å². The number of esters is 2. The molecule has 0 saturated carbocycles. The molecule has 0 aliphatic carbocycles. The Morgan fingerprint density at radius 1 is 1.22 bits per heavy atom. The molecule has 0 bridgehead atoms. The monoisotopic (exact) mass is 390 g/mol. The summed E-state index contributed by atoms with van der Waals surface area (Å²) in [6.45, 7) is 0. The van der Waals surface area contributed by atoms with Gasteiger partial charge in [-0.3, -0.25) is 14.4 Å². The van der Waals surface area contributed by atoms with Crippen LogP contribution in [-0.4, -0.2) is 44.9 Å². The first-order chi connectivity index (χ1) is 13.0. The molecule has 0 spiro atoms. The highest BCUT2D eigenvalue weighted by Gasteiger charge is 2.45. The van der Waals surface area contributed by atoms with E-state index in [1.165, 1.54) is 21.3 Å². The van der Waals surface area contributed by atoms with Crippen molar-refractivity contribution in [3.63, 3.8) is 0 Å². The van der Waals surface area contributed by atoms with Crippen LogP contribution in [0.15, 0.2) is 34.9 Å². The van der Waals surface area contributed by atoms with Crippen molar-refractivity contribution in [1.82, 2.24) is 5.32 Å². The number of methoxy groups -OCH3 is 3. The lowest BCUT2D eigenvalue weighted by molar-refractivity contribution is -0.150. The van der Waals surface area contributed by atoms with Crippen LogP contribution in [0.5, 0.6) is 5.75 Å². The molecule has 1 aromatic carbocycles. The van der Waals surface area contributed by atoms with Crippen LogP contribution in [0.2, 0.25) is 0 Å². The number of ether oxygens (including phenoxy) is 3. The van der Waals surface area contributed by atoms with Crippen LogP contribution in [-0.2, 0) is 23.9 Å². The van der Waals surface area contributed by atoms with Crippen molar-refractivity contribution in [3.05, 3.63) is 40.4 Å². The molecular formula is C18H18N2O6S. The summed E-state index contributed by atoms with van der Waals surface area (Å²) in [7, 11) is 3.87. The number of carbonyl (C=O) groups excluding carboxylic acids is 3. The fraction of sp³-hybridized carbons (Fsp3) is 0.333. The van der Waals surface area contributed by atoms with Gasteiger partial charge >= 0.3 is 11.9 Å². The second kappa shape index (κ2) is 9.09. The van der Waals surface area contributed by atoms with Crippen LogP contribution in [0.3, 0.4) is 0 Å². The standard InChI is InChI=1S/C18H18N2O6S/c1-24-12-7-5-4-6-10(12)14-11(8-19)17(27-9-13(21)25-2)20-16(22)15(14)18(23)26-3/h4-7,14-15H,9H2,1-3H3,(H,20,22)/t14-,15+/m0/s1. The van der Waals surface area contributed by atoms with Gasteiger partial charge in [-0.25, -0.2) is 0 Å². The summed E-state index contributed by atoms with van der Waals surface area (Å²) in [4.78, 5) is 36.4. The van der Waals surface area contributed by atoms with E-state index in [2.05, 4.69) is 16.1 Å². The third-order valence-corrected chi connectivity index (χ3v) is 5.01. The fourth-order valence-electron chi connectivity index (χ4n) is 2.77. The van der Waals surface area contributed by atoms with Crippen molar-refractivity contribution >= 4 is 29.6 Å². The molecule has 142 valence electrons. The van der Waals surface area contributed by atoms with E-state index in [0.717, 1.165) is 11.8 Å². The minimum Gasteiger partial charge on any atom is -0.496 e. The van der Waals surface area contributed by atoms with Gasteiger partial charge in [0.25, 0.3) is 0 Å². The number of thioether (sulfide) groups is 1. The summed E-state index contributed by atoms with van der Waals surface area (Å²) in [5, 5.41) is 12.5. The molecule has 1 amide bonds. The van der Waals surface area contributed by atoms with Crippen LogP contribution in [0.25, 0.3) is 0 Å². The average molecular weight is 390 g/mol. The molecule has 1 aliphatic heterocycles. The molecule has 0 radical (unpaired) electrons. The second-order valence-electron chi connectivity index (χ2n) is 5.43. The van der Waals surface area contributed by atoms with Crippen molar-refractivity contribution in [2.24, 2.45) is 5.92 Å². The van der Waals surface area contributed by atoms with E-state index >= 15 is 0 Å². The Balaban J connectivity index is 2.61. The van der Waals surface area contributed by atoms with Gasteiger partial charge in [0.1, 0.15) is 11.7 Å². The molecule has 8 nitrogen and oxygen atoms in total. The maximum Gasteiger partial charge on any atom is 0.319 e. The zero-order chi connectivity index (χ0) is 20.0. The second-order valence-corrected chi connectivity index (χ2v) is 6.41. The molecule has 1 aromatic rings. The third-order valence-electron chi connectivity index (χ3n) is 4.02. The molecule has 0 unspecified atom stereocenters. The Labute approximate surface area is 160 Å². The largest absolute Gasteiger partial charge is 0.496 e. The van der Waals surface area contributed by atoms with E-state index in [1.54, 1.807) is 24.3 Å². The topological polar surface area (TPSA) is 115 Å². The predicted molar refractivity (Wildman–Crippen MR) is 96.5 cm³/mol. The number of nitrogens with one attached hydrogen (secondary N) is 1. The molecule has 0 aromatic heterocycles. The van der Waals surface area contributed by atoms with E-state index in [0.29, 0.717) is 11.3 Å². The van der Waals surface area contributed by atoms with Crippen molar-refractivity contribution in [1.29, 1.82) is 5.26 Å². The lowest BCUT2D eigenvalue weighted by atomic mass is 9.78. The summed E-state index contributed by atoms with van der Waals surface area (Å²) in [6, 6.07) is 8.86. The smallest absolute Gasteiger partial charge is 0.319 e. The number of hydrogen-bond acceptors (Lipinski definition) is 8. The molecule has 2 rings (SSSR count). The molecule has 1 N–H and O–H groups in total. The van der Waals surface area contributed by atoms with Crippen LogP contribution >= 0.6 is 11.8 Å². The van der Waals surface area contributed by atoms with Gasteiger partial charge in [0.05, 0.1) is 43.8 Å². The molecular weight excluding hydrogens is 372 g/mol. The van der Waals surface area contributed by atoms with Gasteiger partial charge < -0.3 is 19.5 Å². The highest BCUT2D eigenvalue weighted by molar-refractivity contribution is 8.03. The maximum absolute atomic E-state index is 12.6. The van der Waals surface area contributed by atoms with Crippen LogP contribution in [0.1, 0.15) is 11.5 Å². The number of nitriles is 1. The first-order valence-electron chi connectivity index (χ1n) is 7.83. The maximum atomic E-state index is 12.6. The van der Waals surface area contributed by atoms with Crippen molar-refractivity contribution in [3.8, 4) is 11.8 Å². The molecule has 9 heteroatoms. The van der Waals surface area contributed by atoms with Gasteiger partial charge in [-0.2, -0.15) is 5.26 Å². The number of carbonyl (C=O) groups is 3. The van der Waals surface area contributed by atoms with Crippen molar-refractivity contribution < 1.29 is 28.6 Å². The van der Waals surface area contributed by atoms with Crippen LogP contribution in [0, 0.1) is 17.2 Å². The molecule has 0 saturated heterocycles. The minimum atomic E-state index is -1.26. The summed E-state index contributed by atoms with van der Waals surface area (Å²) in [5.41, 5.74) is 0.640. The van der Waals surface area contributed by atoms with E-state index in [1.807, 2.05) is 0 Å². The van der Waals surface area contributed by atoms with E-state index < -0.39 is 29.7 Å². The van der Waals surface area contributed by atoms with Gasteiger partial charge in [0, 0.05) is 11.5 Å². The molecule has 1 aliphatic rings. The number of allylic oxidation sites excluding steroid dienone is 1. The number of amides is 1. The number of nitrogens with zero attached hydrogens (tertiary/aromatic N) is 1. The Morgan fingerprint density at radius 2 is 1.93 bits per heavy atom. The van der Waals surface area contributed by atoms with E-state index in [-0.39, 0.29) is 16.4 Å². The lowest BCUT2D eigenvalue weighted by Crippen LogP contribution is -2.44. The molecule has 2 atom stereocenters. The van der Waals surface area contributed by atoms with Crippen molar-refractivity contribution in [2.45, 2.75) is 5.92 Å². The summed E-state index contributed by atoms with van der Waals surface area (Å²) in [5.74, 6) is -3.74. The Bertz CT molecular complexity index is 829. The van der Waals surface area contributed by atoms with Gasteiger partial charge in [0.2, 0.25) is 5.91 Å². The highest BCUT2D eigenvalue weighted by atomic mass is 32.2. The van der Waals surface area contributed by atoms with Gasteiger partial charge in [-0.1, -0.05) is 30.0 Å². The highest BCUT2D eigenvalue weighted by Crippen LogP contribution is 2.43. The molecule has 27 heavy (non-hydrogen) atoms. The number of para-hydroxylation sites is 1. The number of rotatable bonds is 6. The van der Waals surface area contributed by atoms with E-state index in [4.69, 9.17) is 9.47 Å². The number of benzene rings is 1. The minimum absolute atomic E-state index is 0.0984. The average Bonchev–Trinajstić information content (AvgIpc) is 2.70. The van der Waals surface area contributed by atoms with Gasteiger partial charge in [-0.15, -0.1) is 0 Å². The van der Waals surface area contributed by atoms with E-state index in [9.17, 15) is 19.6 Å². The zero-order valence-corrected chi connectivity index (χ0v) is 15.8. The van der Waals surface area contributed by atoms with Gasteiger partial charge in [0.15, 0.2) is 0 Å². The normalized spacial score (nSPS) is 19.0. The molecule has 0 fully saturated rings. The summed E-state index contributed by atoms with van der Waals surface area (Å²) < 4.78 is 14.7. The number of hydrogen-bond donors (Lipinski definition) is 1. The third kappa shape index (κ3) is 4.23. The lowest BCUT2D eigenvalue weighted by Gasteiger charge is -2.31.